The molecule has 2 heterocycles. The van der Waals surface area contributed by atoms with Crippen LogP contribution in [-0.4, -0.2) is 46.5 Å². The Bertz CT molecular complexity index is 950. The minimum atomic E-state index is -0.503. The van der Waals surface area contributed by atoms with Crippen molar-refractivity contribution < 1.29 is 13.9 Å². The van der Waals surface area contributed by atoms with Crippen molar-refractivity contribution in [2.75, 3.05) is 24.5 Å². The second kappa shape index (κ2) is 10.0. The predicted octanol–water partition coefficient (Wildman–Crippen LogP) is 5.56. The highest BCUT2D eigenvalue weighted by molar-refractivity contribution is 6.30. The van der Waals surface area contributed by atoms with E-state index in [0.29, 0.717) is 43.6 Å². The Kier molecular flexibility index (Phi) is 7.59. The van der Waals surface area contributed by atoms with Crippen LogP contribution in [0.1, 0.15) is 47.5 Å². The molecule has 174 valence electrons. The number of benzene rings is 1. The predicted molar refractivity (Wildman–Crippen MR) is 125 cm³/mol. The summed E-state index contributed by atoms with van der Waals surface area (Å²) in [5.41, 5.74) is 0.218. The highest BCUT2D eigenvalue weighted by Crippen LogP contribution is 2.29. The van der Waals surface area contributed by atoms with Gasteiger partial charge in [0.2, 0.25) is 11.8 Å². The number of hydrogen-bond donors (Lipinski definition) is 0. The smallest absolute Gasteiger partial charge is 0.224 e. The summed E-state index contributed by atoms with van der Waals surface area (Å²) in [6, 6.07) is 5.97. The quantitative estimate of drug-likeness (QED) is 0.562. The van der Waals surface area contributed by atoms with E-state index < -0.39 is 5.82 Å². The van der Waals surface area contributed by atoms with Gasteiger partial charge in [-0.2, -0.15) is 0 Å². The maximum atomic E-state index is 13.4. The summed E-state index contributed by atoms with van der Waals surface area (Å²) >= 11 is 5.82. The summed E-state index contributed by atoms with van der Waals surface area (Å²) in [5, 5.41) is -0.0109. The van der Waals surface area contributed by atoms with Crippen molar-refractivity contribution >= 4 is 23.3 Å². The molecule has 6 nitrogen and oxygen atoms in total. The number of aromatic nitrogens is 2. The van der Waals surface area contributed by atoms with Crippen LogP contribution in [-0.2, 0) is 4.79 Å². The number of rotatable bonds is 6. The van der Waals surface area contributed by atoms with E-state index >= 15 is 0 Å². The Hall–Kier alpha value is -2.41. The van der Waals surface area contributed by atoms with Gasteiger partial charge in [0.15, 0.2) is 0 Å². The van der Waals surface area contributed by atoms with Crippen molar-refractivity contribution in [1.82, 2.24) is 14.9 Å². The standard InChI is InChI=1S/C24H32ClFN4O2/c1-16(13-24(3,4)5)10-23(31)30-9-8-29(14-17(30)2)21-12-22(28-15-27-21)32-18-6-7-20(26)19(25)11-18/h6-7,11-12,15-17H,8-10,13-14H2,1-5H3/t16-,17-/m0/s1. The van der Waals surface area contributed by atoms with Crippen molar-refractivity contribution in [2.24, 2.45) is 11.3 Å². The molecule has 1 amide bonds. The molecule has 0 saturated carbocycles. The van der Waals surface area contributed by atoms with Gasteiger partial charge in [0.05, 0.1) is 5.02 Å². The van der Waals surface area contributed by atoms with Gasteiger partial charge in [-0.1, -0.05) is 39.3 Å². The summed E-state index contributed by atoms with van der Waals surface area (Å²) in [7, 11) is 0. The fraction of sp³-hybridized carbons (Fsp3) is 0.542. The Balaban J connectivity index is 1.60. The van der Waals surface area contributed by atoms with Crippen LogP contribution in [0.2, 0.25) is 5.02 Å². The average molecular weight is 463 g/mol. The van der Waals surface area contributed by atoms with Gasteiger partial charge in [0.25, 0.3) is 0 Å². The third-order valence-corrected chi connectivity index (χ3v) is 5.79. The van der Waals surface area contributed by atoms with Gasteiger partial charge in [-0.25, -0.2) is 14.4 Å². The first kappa shape index (κ1) is 24.2. The highest BCUT2D eigenvalue weighted by atomic mass is 35.5. The van der Waals surface area contributed by atoms with Crippen LogP contribution in [0.3, 0.4) is 0 Å². The van der Waals surface area contributed by atoms with Gasteiger partial charge in [0.1, 0.15) is 23.7 Å². The number of ether oxygens (including phenoxy) is 1. The monoisotopic (exact) mass is 462 g/mol. The molecular weight excluding hydrogens is 431 g/mol. The Labute approximate surface area is 194 Å². The molecule has 3 rings (SSSR count). The zero-order chi connectivity index (χ0) is 23.5. The molecule has 8 heteroatoms. The van der Waals surface area contributed by atoms with Gasteiger partial charge < -0.3 is 14.5 Å². The fourth-order valence-electron chi connectivity index (χ4n) is 4.29. The summed E-state index contributed by atoms with van der Waals surface area (Å²) in [4.78, 5) is 25.5. The van der Waals surface area contributed by atoms with Gasteiger partial charge in [-0.05, 0) is 36.8 Å². The number of amides is 1. The van der Waals surface area contributed by atoms with Crippen LogP contribution in [0.15, 0.2) is 30.6 Å². The molecule has 1 saturated heterocycles. The van der Waals surface area contributed by atoms with Crippen molar-refractivity contribution in [1.29, 1.82) is 0 Å². The minimum absolute atomic E-state index is 0.0109. The third-order valence-electron chi connectivity index (χ3n) is 5.50. The van der Waals surface area contributed by atoms with E-state index in [1.54, 1.807) is 6.07 Å². The molecule has 32 heavy (non-hydrogen) atoms. The Morgan fingerprint density at radius 3 is 2.69 bits per heavy atom. The van der Waals surface area contributed by atoms with Crippen LogP contribution in [0.5, 0.6) is 11.6 Å². The van der Waals surface area contributed by atoms with Crippen LogP contribution < -0.4 is 9.64 Å². The number of nitrogens with zero attached hydrogens (tertiary/aromatic N) is 4. The summed E-state index contributed by atoms with van der Waals surface area (Å²) in [6.45, 7) is 12.9. The molecular formula is C24H32ClFN4O2. The van der Waals surface area contributed by atoms with E-state index in [0.717, 1.165) is 12.2 Å². The maximum Gasteiger partial charge on any atom is 0.224 e. The molecule has 1 aromatic carbocycles. The summed E-state index contributed by atoms with van der Waals surface area (Å²) < 4.78 is 19.1. The number of piperazine rings is 1. The SMILES string of the molecule is C[C@@H](CC(=O)N1CCN(c2cc(Oc3ccc(F)c(Cl)c3)ncn2)C[C@@H]1C)CC(C)(C)C. The Morgan fingerprint density at radius 2 is 2.03 bits per heavy atom. The van der Waals surface area contributed by atoms with Gasteiger partial charge in [-0.3, -0.25) is 4.79 Å². The first-order valence-electron chi connectivity index (χ1n) is 11.0. The second-order valence-corrected chi connectivity index (χ2v) is 10.3. The van der Waals surface area contributed by atoms with Crippen LogP contribution in [0.4, 0.5) is 10.2 Å². The number of carbonyl (C=O) groups excluding carboxylic acids is 1. The van der Waals surface area contributed by atoms with E-state index in [-0.39, 0.29) is 22.4 Å². The molecule has 1 aromatic heterocycles. The zero-order valence-electron chi connectivity index (χ0n) is 19.4. The van der Waals surface area contributed by atoms with Crippen molar-refractivity contribution in [3.8, 4) is 11.6 Å². The second-order valence-electron chi connectivity index (χ2n) is 9.85. The first-order valence-corrected chi connectivity index (χ1v) is 11.4. The lowest BCUT2D eigenvalue weighted by atomic mass is 9.84. The number of carbonyl (C=O) groups is 1. The molecule has 2 atom stereocenters. The minimum Gasteiger partial charge on any atom is -0.439 e. The molecule has 0 spiro atoms. The maximum absolute atomic E-state index is 13.4. The summed E-state index contributed by atoms with van der Waals surface area (Å²) in [6.07, 6.45) is 3.04. The van der Waals surface area contributed by atoms with E-state index in [9.17, 15) is 9.18 Å². The molecule has 1 fully saturated rings. The molecule has 0 bridgehead atoms. The van der Waals surface area contributed by atoms with Crippen molar-refractivity contribution in [2.45, 2.75) is 53.5 Å². The van der Waals surface area contributed by atoms with Crippen LogP contribution >= 0.6 is 11.6 Å². The van der Waals surface area contributed by atoms with E-state index in [1.807, 2.05) is 4.90 Å². The number of halogens is 2. The van der Waals surface area contributed by atoms with Gasteiger partial charge in [0, 0.05) is 44.2 Å². The lowest BCUT2D eigenvalue weighted by Crippen LogP contribution is -2.54. The van der Waals surface area contributed by atoms with Crippen molar-refractivity contribution in [3.05, 3.63) is 41.4 Å². The molecule has 0 N–H and O–H groups in total. The Morgan fingerprint density at radius 1 is 1.28 bits per heavy atom. The summed E-state index contributed by atoms with van der Waals surface area (Å²) in [5.74, 6) is 1.54. The normalized spacial score (nSPS) is 17.9. The molecule has 1 aliphatic heterocycles. The topological polar surface area (TPSA) is 58.6 Å². The largest absolute Gasteiger partial charge is 0.439 e. The third kappa shape index (κ3) is 6.55. The highest BCUT2D eigenvalue weighted by Gasteiger charge is 2.29. The van der Waals surface area contributed by atoms with Crippen molar-refractivity contribution in [3.63, 3.8) is 0 Å². The molecule has 2 aromatic rings. The van der Waals surface area contributed by atoms with E-state index in [4.69, 9.17) is 16.3 Å². The molecule has 0 radical (unpaired) electrons. The lowest BCUT2D eigenvalue weighted by molar-refractivity contribution is -0.134. The van der Waals surface area contributed by atoms with Crippen LogP contribution in [0, 0.1) is 17.2 Å². The van der Waals surface area contributed by atoms with Gasteiger partial charge in [-0.15, -0.1) is 0 Å². The first-order chi connectivity index (χ1) is 15.0. The lowest BCUT2D eigenvalue weighted by Gasteiger charge is -2.41. The molecule has 1 aliphatic rings. The van der Waals surface area contributed by atoms with E-state index in [1.165, 1.54) is 24.5 Å². The fourth-order valence-corrected chi connectivity index (χ4v) is 4.46. The average Bonchev–Trinajstić information content (AvgIpc) is 2.69. The van der Waals surface area contributed by atoms with Crippen LogP contribution in [0.25, 0.3) is 0 Å². The number of anilines is 1. The zero-order valence-corrected chi connectivity index (χ0v) is 20.2. The molecule has 0 unspecified atom stereocenters. The van der Waals surface area contributed by atoms with Gasteiger partial charge >= 0.3 is 0 Å². The number of hydrogen-bond acceptors (Lipinski definition) is 5. The van der Waals surface area contributed by atoms with E-state index in [2.05, 4.69) is 49.5 Å². The molecule has 0 aliphatic carbocycles.